The Kier molecular flexibility index (Phi) is 7.36. The molecule has 4 rings (SSSR count). The molecule has 1 amide bonds. The summed E-state index contributed by atoms with van der Waals surface area (Å²) in [6.45, 7) is 2.99. The van der Waals surface area contributed by atoms with E-state index in [4.69, 9.17) is 4.74 Å². The van der Waals surface area contributed by atoms with E-state index < -0.39 is 10.0 Å². The fraction of sp³-hybridized carbons (Fsp3) is 0.480. The highest BCUT2D eigenvalue weighted by Crippen LogP contribution is 2.32. The number of rotatable bonds is 5. The molecule has 1 atom stereocenters. The van der Waals surface area contributed by atoms with Crippen molar-refractivity contribution in [3.05, 3.63) is 59.7 Å². The van der Waals surface area contributed by atoms with Crippen LogP contribution in [0, 0.1) is 0 Å². The number of amides is 1. The van der Waals surface area contributed by atoms with E-state index in [1.54, 1.807) is 31.4 Å². The number of piperazine rings is 1. The highest BCUT2D eigenvalue weighted by molar-refractivity contribution is 7.89. The zero-order chi connectivity index (χ0) is 23.4. The minimum atomic E-state index is -3.63. The lowest BCUT2D eigenvalue weighted by Gasteiger charge is -2.32. The monoisotopic (exact) mass is 471 g/mol. The van der Waals surface area contributed by atoms with Crippen LogP contribution < -0.4 is 4.74 Å². The third-order valence-electron chi connectivity index (χ3n) is 6.70. The van der Waals surface area contributed by atoms with Crippen LogP contribution in [0.25, 0.3) is 0 Å². The molecule has 0 aromatic heterocycles. The standard InChI is InChI=1S/C25H33N3O4S/c1-26-15-17-27(18-16-26)33(30,31)23-8-6-7-21(19-23)25(29)28-14-5-3-4-9-24(28)20-10-12-22(32-2)13-11-20/h6-8,10-13,19,24H,3-5,9,14-18H2,1-2H3/t24-/m0/s1. The molecule has 2 aromatic carbocycles. The van der Waals surface area contributed by atoms with E-state index in [-0.39, 0.29) is 16.8 Å². The van der Waals surface area contributed by atoms with Crippen molar-refractivity contribution < 1.29 is 17.9 Å². The van der Waals surface area contributed by atoms with Crippen LogP contribution in [0.15, 0.2) is 53.4 Å². The topological polar surface area (TPSA) is 70.2 Å². The molecule has 2 heterocycles. The molecule has 0 N–H and O–H groups in total. The van der Waals surface area contributed by atoms with Gasteiger partial charge in [0.05, 0.1) is 18.0 Å². The number of carbonyl (C=O) groups excluding carboxylic acids is 1. The second-order valence-electron chi connectivity index (χ2n) is 8.87. The Morgan fingerprint density at radius 1 is 0.939 bits per heavy atom. The highest BCUT2D eigenvalue weighted by Gasteiger charge is 2.30. The van der Waals surface area contributed by atoms with Gasteiger partial charge in [0.1, 0.15) is 5.75 Å². The van der Waals surface area contributed by atoms with E-state index in [1.165, 1.54) is 4.31 Å². The maximum atomic E-state index is 13.6. The molecule has 2 saturated heterocycles. The summed E-state index contributed by atoms with van der Waals surface area (Å²) >= 11 is 0. The van der Waals surface area contributed by atoms with Crippen molar-refractivity contribution in [2.75, 3.05) is 46.9 Å². The summed E-state index contributed by atoms with van der Waals surface area (Å²) in [4.78, 5) is 17.9. The van der Waals surface area contributed by atoms with E-state index in [0.717, 1.165) is 37.0 Å². The van der Waals surface area contributed by atoms with Gasteiger partial charge in [-0.05, 0) is 55.8 Å². The molecular weight excluding hydrogens is 438 g/mol. The van der Waals surface area contributed by atoms with Crippen molar-refractivity contribution >= 4 is 15.9 Å². The van der Waals surface area contributed by atoms with Gasteiger partial charge in [-0.1, -0.05) is 31.0 Å². The summed E-state index contributed by atoms with van der Waals surface area (Å²) in [5.41, 5.74) is 1.50. The van der Waals surface area contributed by atoms with E-state index in [9.17, 15) is 13.2 Å². The quantitative estimate of drug-likeness (QED) is 0.669. The Labute approximate surface area is 197 Å². The Hall–Kier alpha value is -2.42. The van der Waals surface area contributed by atoms with Crippen LogP contribution in [0.1, 0.15) is 47.6 Å². The maximum Gasteiger partial charge on any atom is 0.254 e. The maximum absolute atomic E-state index is 13.6. The number of hydrogen-bond donors (Lipinski definition) is 0. The minimum absolute atomic E-state index is 0.0381. The number of likely N-dealkylation sites (tertiary alicyclic amines) is 1. The predicted molar refractivity (Wildman–Crippen MR) is 128 cm³/mol. The van der Waals surface area contributed by atoms with Crippen LogP contribution in [0.4, 0.5) is 0 Å². The molecule has 0 bridgehead atoms. The number of methoxy groups -OCH3 is 1. The summed E-state index contributed by atoms with van der Waals surface area (Å²) in [6, 6.07) is 14.4. The summed E-state index contributed by atoms with van der Waals surface area (Å²) in [5.74, 6) is 0.667. The average Bonchev–Trinajstić information content (AvgIpc) is 3.10. The molecule has 2 aromatic rings. The van der Waals surface area contributed by atoms with Crippen molar-refractivity contribution in [1.82, 2.24) is 14.1 Å². The van der Waals surface area contributed by atoms with Crippen molar-refractivity contribution in [3.8, 4) is 5.75 Å². The van der Waals surface area contributed by atoms with Gasteiger partial charge in [-0.25, -0.2) is 8.42 Å². The predicted octanol–water partition coefficient (Wildman–Crippen LogP) is 3.39. The van der Waals surface area contributed by atoms with Gasteiger partial charge in [0, 0.05) is 38.3 Å². The van der Waals surface area contributed by atoms with Gasteiger partial charge in [0.15, 0.2) is 0 Å². The van der Waals surface area contributed by atoms with Gasteiger partial charge < -0.3 is 14.5 Å². The zero-order valence-corrected chi connectivity index (χ0v) is 20.3. The molecule has 8 heteroatoms. The van der Waals surface area contributed by atoms with E-state index in [0.29, 0.717) is 38.3 Å². The fourth-order valence-corrected chi connectivity index (χ4v) is 6.13. The van der Waals surface area contributed by atoms with Crippen molar-refractivity contribution in [2.24, 2.45) is 0 Å². The van der Waals surface area contributed by atoms with Crippen LogP contribution in [0.3, 0.4) is 0 Å². The lowest BCUT2D eigenvalue weighted by molar-refractivity contribution is 0.0680. The normalized spacial score (nSPS) is 20.9. The first kappa shape index (κ1) is 23.7. The SMILES string of the molecule is COc1ccc([C@@H]2CCCCCN2C(=O)c2cccc(S(=O)(=O)N3CCN(C)CC3)c2)cc1. The van der Waals surface area contributed by atoms with Crippen molar-refractivity contribution in [2.45, 2.75) is 36.6 Å². The van der Waals surface area contributed by atoms with Gasteiger partial charge in [-0.2, -0.15) is 4.31 Å². The van der Waals surface area contributed by atoms with Gasteiger partial charge >= 0.3 is 0 Å². The molecule has 0 saturated carbocycles. The minimum Gasteiger partial charge on any atom is -0.497 e. The molecule has 0 unspecified atom stereocenters. The van der Waals surface area contributed by atoms with Crippen LogP contribution in [0.5, 0.6) is 5.75 Å². The molecule has 2 aliphatic rings. The Morgan fingerprint density at radius 3 is 2.36 bits per heavy atom. The molecule has 33 heavy (non-hydrogen) atoms. The summed E-state index contributed by atoms with van der Waals surface area (Å²) < 4.78 is 33.2. The lowest BCUT2D eigenvalue weighted by atomic mass is 10.00. The summed E-state index contributed by atoms with van der Waals surface area (Å²) in [6.07, 6.45) is 3.96. The molecular formula is C25H33N3O4S. The number of ether oxygens (including phenoxy) is 1. The number of sulfonamides is 1. The molecule has 0 radical (unpaired) electrons. The first-order chi connectivity index (χ1) is 15.9. The molecule has 2 aliphatic heterocycles. The summed E-state index contributed by atoms with van der Waals surface area (Å²) in [7, 11) is -0.00244. The third-order valence-corrected chi connectivity index (χ3v) is 8.59. The number of carbonyl (C=O) groups is 1. The Bertz CT molecular complexity index is 1060. The van der Waals surface area contributed by atoms with Gasteiger partial charge in [0.2, 0.25) is 10.0 Å². The first-order valence-corrected chi connectivity index (χ1v) is 13.1. The largest absolute Gasteiger partial charge is 0.497 e. The number of nitrogens with zero attached hydrogens (tertiary/aromatic N) is 3. The highest BCUT2D eigenvalue weighted by atomic mass is 32.2. The van der Waals surface area contributed by atoms with Gasteiger partial charge in [0.25, 0.3) is 5.91 Å². The van der Waals surface area contributed by atoms with Gasteiger partial charge in [-0.15, -0.1) is 0 Å². The second-order valence-corrected chi connectivity index (χ2v) is 10.8. The molecule has 2 fully saturated rings. The molecule has 178 valence electrons. The second kappa shape index (κ2) is 10.2. The van der Waals surface area contributed by atoms with Crippen LogP contribution in [-0.4, -0.2) is 75.3 Å². The number of likely N-dealkylation sites (N-methyl/N-ethyl adjacent to an activating group) is 1. The first-order valence-electron chi connectivity index (χ1n) is 11.6. The number of hydrogen-bond acceptors (Lipinski definition) is 5. The molecule has 7 nitrogen and oxygen atoms in total. The number of benzene rings is 2. The average molecular weight is 472 g/mol. The van der Waals surface area contributed by atoms with Gasteiger partial charge in [-0.3, -0.25) is 4.79 Å². The van der Waals surface area contributed by atoms with Crippen molar-refractivity contribution in [1.29, 1.82) is 0 Å². The Morgan fingerprint density at radius 2 is 1.67 bits per heavy atom. The van der Waals surface area contributed by atoms with Crippen LogP contribution >= 0.6 is 0 Å². The lowest BCUT2D eigenvalue weighted by Crippen LogP contribution is -2.47. The molecule has 0 spiro atoms. The third kappa shape index (κ3) is 5.23. The zero-order valence-electron chi connectivity index (χ0n) is 19.4. The van der Waals surface area contributed by atoms with Crippen LogP contribution in [0.2, 0.25) is 0 Å². The smallest absolute Gasteiger partial charge is 0.254 e. The van der Waals surface area contributed by atoms with Crippen molar-refractivity contribution in [3.63, 3.8) is 0 Å². The fourth-order valence-electron chi connectivity index (χ4n) is 4.66. The van der Waals surface area contributed by atoms with Crippen LogP contribution in [-0.2, 0) is 10.0 Å². The van der Waals surface area contributed by atoms with E-state index in [1.807, 2.05) is 36.2 Å². The van der Waals surface area contributed by atoms with E-state index >= 15 is 0 Å². The van der Waals surface area contributed by atoms with E-state index in [2.05, 4.69) is 4.90 Å². The molecule has 0 aliphatic carbocycles. The Balaban J connectivity index is 1.60. The summed E-state index contributed by atoms with van der Waals surface area (Å²) in [5, 5.41) is 0.